The molecule has 36 heavy (non-hydrogen) atoms. The number of rotatable bonds is 8. The SMILES string of the molecule is CC(C)C1=NC(N2CCC(C(C)Oc3nc4ccc(-c5ccc(SC6CC6)cc5)nc4s3)CC2)ON1. The van der Waals surface area contributed by atoms with Gasteiger partial charge in [-0.2, -0.15) is 0 Å². The van der Waals surface area contributed by atoms with Crippen molar-refractivity contribution < 1.29 is 9.57 Å². The van der Waals surface area contributed by atoms with Crippen molar-refractivity contribution in [2.45, 2.75) is 69.1 Å². The highest BCUT2D eigenvalue weighted by Gasteiger charge is 2.32. The van der Waals surface area contributed by atoms with Crippen LogP contribution < -0.4 is 10.2 Å². The molecule has 1 saturated carbocycles. The smallest absolute Gasteiger partial charge is 0.276 e. The molecule has 3 aromatic rings. The molecule has 1 aliphatic carbocycles. The number of aromatic nitrogens is 2. The molecule has 7 nitrogen and oxygen atoms in total. The van der Waals surface area contributed by atoms with Gasteiger partial charge in [-0.05, 0) is 62.8 Å². The average Bonchev–Trinajstić information content (AvgIpc) is 3.39. The molecule has 9 heteroatoms. The van der Waals surface area contributed by atoms with Crippen molar-refractivity contribution in [2.24, 2.45) is 16.8 Å². The van der Waals surface area contributed by atoms with Gasteiger partial charge in [0.1, 0.15) is 22.3 Å². The summed E-state index contributed by atoms with van der Waals surface area (Å²) in [5.41, 5.74) is 5.99. The standard InChI is InChI=1S/C27H33N5O2S2/c1-16(2)24-30-26(34-31-24)32-14-12-18(13-15-32)17(3)33-27-29-23-11-10-22(28-25(23)36-27)19-4-6-20(7-5-19)35-21-8-9-21/h4-7,10-11,16-18,21,26H,8-9,12-15H2,1-3H3,(H,30,31). The van der Waals surface area contributed by atoms with E-state index < -0.39 is 0 Å². The maximum Gasteiger partial charge on any atom is 0.276 e. The highest BCUT2D eigenvalue weighted by Crippen LogP contribution is 2.39. The topological polar surface area (TPSA) is 71.9 Å². The summed E-state index contributed by atoms with van der Waals surface area (Å²) < 4.78 is 6.33. The number of benzene rings is 1. The van der Waals surface area contributed by atoms with Gasteiger partial charge < -0.3 is 4.74 Å². The number of fused-ring (bicyclic) bond motifs is 1. The molecule has 190 valence electrons. The molecule has 0 bridgehead atoms. The first-order valence-electron chi connectivity index (χ1n) is 13.0. The van der Waals surface area contributed by atoms with Crippen molar-refractivity contribution >= 4 is 39.3 Å². The third-order valence-electron chi connectivity index (χ3n) is 7.12. The Morgan fingerprint density at radius 2 is 1.81 bits per heavy atom. The summed E-state index contributed by atoms with van der Waals surface area (Å²) in [4.78, 5) is 24.5. The first-order valence-corrected chi connectivity index (χ1v) is 14.7. The average molecular weight is 524 g/mol. The van der Waals surface area contributed by atoms with Crippen LogP contribution in [0.5, 0.6) is 5.19 Å². The monoisotopic (exact) mass is 523 g/mol. The Morgan fingerprint density at radius 3 is 2.50 bits per heavy atom. The Balaban J connectivity index is 1.06. The van der Waals surface area contributed by atoms with Crippen LogP contribution in [0.4, 0.5) is 0 Å². The maximum atomic E-state index is 6.33. The van der Waals surface area contributed by atoms with E-state index in [2.05, 4.69) is 72.5 Å². The fraction of sp³-hybridized carbons (Fsp3) is 0.519. The van der Waals surface area contributed by atoms with E-state index in [1.807, 2.05) is 11.8 Å². The number of pyridine rings is 1. The van der Waals surface area contributed by atoms with E-state index in [1.54, 1.807) is 0 Å². The summed E-state index contributed by atoms with van der Waals surface area (Å²) in [5, 5.41) is 1.52. The Bertz CT molecular complexity index is 1230. The molecule has 0 radical (unpaired) electrons. The zero-order chi connectivity index (χ0) is 24.6. The summed E-state index contributed by atoms with van der Waals surface area (Å²) >= 11 is 3.52. The third kappa shape index (κ3) is 5.39. The second-order valence-electron chi connectivity index (χ2n) is 10.3. The van der Waals surface area contributed by atoms with Crippen molar-refractivity contribution in [2.75, 3.05) is 13.1 Å². The van der Waals surface area contributed by atoms with Gasteiger partial charge in [0.15, 0.2) is 0 Å². The molecule has 1 aromatic carbocycles. The molecule has 1 N–H and O–H groups in total. The lowest BCUT2D eigenvalue weighted by atomic mass is 9.92. The summed E-state index contributed by atoms with van der Waals surface area (Å²) in [6, 6.07) is 12.9. The zero-order valence-corrected chi connectivity index (χ0v) is 22.6. The summed E-state index contributed by atoms with van der Waals surface area (Å²) in [6.45, 7) is 8.29. The molecule has 2 aliphatic heterocycles. The summed E-state index contributed by atoms with van der Waals surface area (Å²) in [7, 11) is 0. The number of ether oxygens (including phenoxy) is 1. The van der Waals surface area contributed by atoms with Crippen LogP contribution in [0, 0.1) is 11.8 Å². The van der Waals surface area contributed by atoms with Crippen LogP contribution in [0.25, 0.3) is 21.6 Å². The van der Waals surface area contributed by atoms with Crippen molar-refractivity contribution in [3.05, 3.63) is 36.4 Å². The number of thioether (sulfide) groups is 1. The minimum Gasteiger partial charge on any atom is -0.467 e. The Morgan fingerprint density at radius 1 is 1.03 bits per heavy atom. The minimum absolute atomic E-state index is 0.0982. The van der Waals surface area contributed by atoms with Crippen molar-refractivity contribution in [1.29, 1.82) is 0 Å². The van der Waals surface area contributed by atoms with Crippen LogP contribution in [-0.2, 0) is 4.84 Å². The van der Waals surface area contributed by atoms with Crippen LogP contribution in [0.2, 0.25) is 0 Å². The lowest BCUT2D eigenvalue weighted by molar-refractivity contribution is -0.0817. The Hall–Kier alpha value is -2.20. The number of hydroxylamine groups is 1. The number of hydrogen-bond acceptors (Lipinski definition) is 9. The molecule has 3 aliphatic rings. The molecule has 1 saturated heterocycles. The second-order valence-corrected chi connectivity index (χ2v) is 12.6. The van der Waals surface area contributed by atoms with Crippen molar-refractivity contribution in [3.8, 4) is 16.5 Å². The largest absolute Gasteiger partial charge is 0.467 e. The van der Waals surface area contributed by atoms with Crippen LogP contribution in [0.15, 0.2) is 46.3 Å². The minimum atomic E-state index is -0.211. The highest BCUT2D eigenvalue weighted by molar-refractivity contribution is 8.00. The second kappa shape index (κ2) is 10.3. The molecule has 2 unspecified atom stereocenters. The number of aliphatic imine (C=N–C) groups is 1. The number of hydrogen-bond donors (Lipinski definition) is 1. The van der Waals surface area contributed by atoms with Gasteiger partial charge in [0.25, 0.3) is 5.19 Å². The highest BCUT2D eigenvalue weighted by atomic mass is 32.2. The number of thiazole rings is 1. The summed E-state index contributed by atoms with van der Waals surface area (Å²) in [6.07, 6.45) is 4.68. The molecule has 6 rings (SSSR count). The lowest BCUT2D eigenvalue weighted by Gasteiger charge is -2.35. The van der Waals surface area contributed by atoms with E-state index in [9.17, 15) is 0 Å². The van der Waals surface area contributed by atoms with E-state index >= 15 is 0 Å². The van der Waals surface area contributed by atoms with Gasteiger partial charge in [0.05, 0.1) is 5.69 Å². The normalized spacial score (nSPS) is 22.1. The quantitative estimate of drug-likeness (QED) is 0.390. The molecule has 2 atom stereocenters. The predicted octanol–water partition coefficient (Wildman–Crippen LogP) is 5.97. The Labute approximate surface area is 220 Å². The van der Waals surface area contributed by atoms with E-state index in [0.29, 0.717) is 17.0 Å². The molecule has 0 spiro atoms. The number of nitrogens with zero attached hydrogens (tertiary/aromatic N) is 4. The fourth-order valence-electron chi connectivity index (χ4n) is 4.66. The van der Waals surface area contributed by atoms with Gasteiger partial charge in [0.2, 0.25) is 6.35 Å². The van der Waals surface area contributed by atoms with Crippen LogP contribution in [0.1, 0.15) is 46.5 Å². The van der Waals surface area contributed by atoms with Gasteiger partial charge in [-0.3, -0.25) is 4.90 Å². The van der Waals surface area contributed by atoms with E-state index in [0.717, 1.165) is 58.6 Å². The molecule has 2 aromatic heterocycles. The Kier molecular flexibility index (Phi) is 6.90. The zero-order valence-electron chi connectivity index (χ0n) is 21.0. The van der Waals surface area contributed by atoms with Gasteiger partial charge in [-0.1, -0.05) is 37.3 Å². The van der Waals surface area contributed by atoms with Gasteiger partial charge in [0, 0.05) is 34.7 Å². The number of piperidine rings is 1. The first-order chi connectivity index (χ1) is 17.5. The lowest BCUT2D eigenvalue weighted by Crippen LogP contribution is -2.44. The number of likely N-dealkylation sites (tertiary alicyclic amines) is 1. The van der Waals surface area contributed by atoms with Crippen molar-refractivity contribution in [3.63, 3.8) is 0 Å². The van der Waals surface area contributed by atoms with E-state index in [-0.39, 0.29) is 12.5 Å². The third-order valence-corrected chi connectivity index (χ3v) is 9.32. The van der Waals surface area contributed by atoms with Gasteiger partial charge >= 0.3 is 0 Å². The van der Waals surface area contributed by atoms with Gasteiger partial charge in [-0.15, -0.1) is 11.8 Å². The maximum absolute atomic E-state index is 6.33. The number of amidine groups is 1. The molecule has 0 amide bonds. The van der Waals surface area contributed by atoms with Gasteiger partial charge in [-0.25, -0.2) is 25.3 Å². The predicted molar refractivity (Wildman–Crippen MR) is 146 cm³/mol. The molecular weight excluding hydrogens is 490 g/mol. The molecule has 2 fully saturated rings. The van der Waals surface area contributed by atoms with E-state index in [4.69, 9.17) is 19.5 Å². The summed E-state index contributed by atoms with van der Waals surface area (Å²) in [5.74, 6) is 1.75. The van der Waals surface area contributed by atoms with Crippen LogP contribution in [-0.4, -0.2) is 51.5 Å². The van der Waals surface area contributed by atoms with Crippen LogP contribution in [0.3, 0.4) is 0 Å². The van der Waals surface area contributed by atoms with Crippen LogP contribution >= 0.6 is 23.1 Å². The molecule has 4 heterocycles. The fourth-order valence-corrected chi connectivity index (χ4v) is 6.59. The number of nitrogens with one attached hydrogen (secondary N) is 1. The first kappa shape index (κ1) is 24.2. The molecular formula is C27H33N5O2S2. The van der Waals surface area contributed by atoms with E-state index in [1.165, 1.54) is 29.1 Å². The van der Waals surface area contributed by atoms with Crippen molar-refractivity contribution in [1.82, 2.24) is 20.3 Å².